The van der Waals surface area contributed by atoms with Gasteiger partial charge in [-0.3, -0.25) is 0 Å². The van der Waals surface area contributed by atoms with Crippen LogP contribution in [0.4, 0.5) is 34.1 Å². The maximum absolute atomic E-state index is 7.18. The van der Waals surface area contributed by atoms with Gasteiger partial charge in [0, 0.05) is 33.3 Å². The molecule has 298 valence electrons. The van der Waals surface area contributed by atoms with E-state index in [1.807, 2.05) is 48.5 Å². The normalized spacial score (nSPS) is 13.3. The van der Waals surface area contributed by atoms with Gasteiger partial charge in [0.15, 0.2) is 23.0 Å². The van der Waals surface area contributed by atoms with Crippen LogP contribution in [0.2, 0.25) is 0 Å². The molecule has 0 bridgehead atoms. The molecule has 0 saturated heterocycles. The quantitative estimate of drug-likeness (QED) is 0.177. The Morgan fingerprint density at radius 3 is 0.984 bits per heavy atom. The van der Waals surface area contributed by atoms with Gasteiger partial charge in [-0.05, 0) is 130 Å². The van der Waals surface area contributed by atoms with Crippen LogP contribution in [-0.2, 0) is 10.8 Å². The lowest BCUT2D eigenvalue weighted by atomic mass is 9.82. The minimum atomic E-state index is -0.0925. The SMILES string of the molecule is CC(C)(C)c1cc(-c2ccc(N3c4ccccc4Oc4ccccc43)cc2)c2oc3c(-c4ccc(N5c6ccccc6Oc6ccccc65)cc4)cc(C(C)(C)C)cc3c2c1. The third kappa shape index (κ3) is 6.14. The van der Waals surface area contributed by atoms with Gasteiger partial charge in [0.05, 0.1) is 22.7 Å². The number of hydrogen-bond acceptors (Lipinski definition) is 5. The minimum absolute atomic E-state index is 0.0925. The van der Waals surface area contributed by atoms with Crippen molar-refractivity contribution in [1.82, 2.24) is 0 Å². The van der Waals surface area contributed by atoms with Crippen molar-refractivity contribution in [3.63, 3.8) is 0 Å². The van der Waals surface area contributed by atoms with Crippen molar-refractivity contribution >= 4 is 56.1 Å². The molecule has 61 heavy (non-hydrogen) atoms. The molecule has 11 rings (SSSR count). The lowest BCUT2D eigenvalue weighted by Crippen LogP contribution is -2.15. The molecule has 0 radical (unpaired) electrons. The number of fused-ring (bicyclic) bond motifs is 7. The summed E-state index contributed by atoms with van der Waals surface area (Å²) in [6.07, 6.45) is 0. The third-order valence-electron chi connectivity index (χ3n) is 12.1. The van der Waals surface area contributed by atoms with E-state index in [4.69, 9.17) is 13.9 Å². The molecule has 8 aromatic carbocycles. The molecule has 3 heterocycles. The Hall–Kier alpha value is -7.24. The third-order valence-corrected chi connectivity index (χ3v) is 12.1. The van der Waals surface area contributed by atoms with Gasteiger partial charge >= 0.3 is 0 Å². The van der Waals surface area contributed by atoms with Gasteiger partial charge in [-0.2, -0.15) is 0 Å². The second-order valence-corrected chi connectivity index (χ2v) is 18.2. The fourth-order valence-electron chi connectivity index (χ4n) is 8.82. The first-order valence-electron chi connectivity index (χ1n) is 21.1. The molecule has 0 unspecified atom stereocenters. The van der Waals surface area contributed by atoms with Crippen LogP contribution in [0.5, 0.6) is 23.0 Å². The highest BCUT2D eigenvalue weighted by atomic mass is 16.5. The summed E-state index contributed by atoms with van der Waals surface area (Å²) in [5.74, 6) is 3.35. The summed E-state index contributed by atoms with van der Waals surface area (Å²) >= 11 is 0. The lowest BCUT2D eigenvalue weighted by molar-refractivity contribution is 0.477. The van der Waals surface area contributed by atoms with E-state index in [9.17, 15) is 0 Å². The van der Waals surface area contributed by atoms with E-state index >= 15 is 0 Å². The van der Waals surface area contributed by atoms with Crippen LogP contribution >= 0.6 is 0 Å². The first-order valence-corrected chi connectivity index (χ1v) is 21.1. The highest BCUT2D eigenvalue weighted by Gasteiger charge is 2.29. The van der Waals surface area contributed by atoms with Crippen molar-refractivity contribution < 1.29 is 13.9 Å². The van der Waals surface area contributed by atoms with Crippen LogP contribution in [0, 0.1) is 0 Å². The Morgan fingerprint density at radius 2 is 0.672 bits per heavy atom. The minimum Gasteiger partial charge on any atom is -0.455 e. The van der Waals surface area contributed by atoms with Crippen LogP contribution in [0.1, 0.15) is 52.7 Å². The van der Waals surface area contributed by atoms with E-state index in [1.165, 1.54) is 11.1 Å². The van der Waals surface area contributed by atoms with Crippen molar-refractivity contribution in [2.75, 3.05) is 9.80 Å². The smallest absolute Gasteiger partial charge is 0.151 e. The standard InChI is InChI=1S/C56H46N2O3/c1-55(2,3)37-31-41(35-23-27-39(28-24-35)57-45-15-7-11-19-49(45)59-50-20-12-8-16-46(50)57)53-43(33-37)44-34-38(56(4,5)6)32-42(54(44)61-53)36-25-29-40(30-26-36)58-47-17-9-13-21-51(47)60-52-22-14-10-18-48(52)58/h7-34H,1-6H3. The van der Waals surface area contributed by atoms with Crippen LogP contribution in [-0.4, -0.2) is 0 Å². The molecule has 9 aromatic rings. The second kappa shape index (κ2) is 13.7. The highest BCUT2D eigenvalue weighted by Crippen LogP contribution is 2.52. The zero-order valence-electron chi connectivity index (χ0n) is 35.3. The average molecular weight is 795 g/mol. The summed E-state index contributed by atoms with van der Waals surface area (Å²) in [5, 5.41) is 2.26. The maximum atomic E-state index is 7.18. The zero-order chi connectivity index (χ0) is 41.6. The van der Waals surface area contributed by atoms with Gasteiger partial charge < -0.3 is 23.7 Å². The Kier molecular flexibility index (Phi) is 8.24. The topological polar surface area (TPSA) is 38.1 Å². The zero-order valence-corrected chi connectivity index (χ0v) is 35.3. The number of benzene rings is 8. The van der Waals surface area contributed by atoms with E-state index < -0.39 is 0 Å². The summed E-state index contributed by atoms with van der Waals surface area (Å²) in [5.41, 5.74) is 14.6. The van der Waals surface area contributed by atoms with Crippen molar-refractivity contribution in [2.45, 2.75) is 52.4 Å². The summed E-state index contributed by atoms with van der Waals surface area (Å²) in [6, 6.07) is 60.0. The molecular formula is C56H46N2O3. The summed E-state index contributed by atoms with van der Waals surface area (Å²) in [7, 11) is 0. The molecule has 5 nitrogen and oxygen atoms in total. The van der Waals surface area contributed by atoms with Gasteiger partial charge in [0.2, 0.25) is 0 Å². The predicted molar refractivity (Wildman–Crippen MR) is 252 cm³/mol. The predicted octanol–water partition coefficient (Wildman–Crippen LogP) is 16.7. The number of furan rings is 1. The Balaban J connectivity index is 1.06. The number of ether oxygens (including phenoxy) is 2. The van der Waals surface area contributed by atoms with Crippen LogP contribution < -0.4 is 19.3 Å². The Labute approximate surface area is 357 Å². The van der Waals surface area contributed by atoms with Crippen LogP contribution in [0.3, 0.4) is 0 Å². The number of para-hydroxylation sites is 8. The van der Waals surface area contributed by atoms with Crippen molar-refractivity contribution in [1.29, 1.82) is 0 Å². The van der Waals surface area contributed by atoms with Crippen LogP contribution in [0.25, 0.3) is 44.2 Å². The first kappa shape index (κ1) is 36.8. The molecule has 0 atom stereocenters. The molecule has 5 heteroatoms. The molecule has 2 aliphatic heterocycles. The average Bonchev–Trinajstić information content (AvgIpc) is 3.65. The largest absolute Gasteiger partial charge is 0.455 e. The van der Waals surface area contributed by atoms with E-state index in [-0.39, 0.29) is 10.8 Å². The Bertz CT molecular complexity index is 2860. The molecule has 0 fully saturated rings. The van der Waals surface area contributed by atoms with Gasteiger partial charge in [0.25, 0.3) is 0 Å². The summed E-state index contributed by atoms with van der Waals surface area (Å²) in [4.78, 5) is 4.56. The molecule has 0 saturated carbocycles. The lowest BCUT2D eigenvalue weighted by Gasteiger charge is -2.32. The fraction of sp³-hybridized carbons (Fsp3) is 0.143. The molecule has 0 amide bonds. The molecule has 0 aliphatic carbocycles. The summed E-state index contributed by atoms with van der Waals surface area (Å²) < 4.78 is 19.8. The van der Waals surface area contributed by atoms with E-state index in [1.54, 1.807) is 0 Å². The molecular weight excluding hydrogens is 749 g/mol. The highest BCUT2D eigenvalue weighted by molar-refractivity contribution is 6.14. The number of rotatable bonds is 4. The fourth-order valence-corrected chi connectivity index (χ4v) is 8.82. The second-order valence-electron chi connectivity index (χ2n) is 18.2. The summed E-state index contributed by atoms with van der Waals surface area (Å²) in [6.45, 7) is 13.7. The van der Waals surface area contributed by atoms with E-state index in [2.05, 4.69) is 173 Å². The molecule has 0 N–H and O–H groups in total. The van der Waals surface area contributed by atoms with Gasteiger partial charge in [-0.1, -0.05) is 114 Å². The van der Waals surface area contributed by atoms with Gasteiger partial charge in [-0.15, -0.1) is 0 Å². The number of nitrogens with zero attached hydrogens (tertiary/aromatic N) is 2. The molecule has 1 aromatic heterocycles. The maximum Gasteiger partial charge on any atom is 0.151 e. The van der Waals surface area contributed by atoms with Crippen molar-refractivity contribution in [3.8, 4) is 45.3 Å². The van der Waals surface area contributed by atoms with E-state index in [0.717, 1.165) is 101 Å². The first-order chi connectivity index (χ1) is 29.5. The van der Waals surface area contributed by atoms with Crippen molar-refractivity contribution in [3.05, 3.63) is 181 Å². The van der Waals surface area contributed by atoms with Crippen molar-refractivity contribution in [2.24, 2.45) is 0 Å². The van der Waals surface area contributed by atoms with Gasteiger partial charge in [0.1, 0.15) is 11.2 Å². The molecule has 2 aliphatic rings. The Morgan fingerprint density at radius 1 is 0.361 bits per heavy atom. The molecule has 0 spiro atoms. The number of hydrogen-bond donors (Lipinski definition) is 0. The van der Waals surface area contributed by atoms with Gasteiger partial charge in [-0.25, -0.2) is 0 Å². The van der Waals surface area contributed by atoms with E-state index in [0.29, 0.717) is 0 Å². The van der Waals surface area contributed by atoms with Crippen LogP contribution in [0.15, 0.2) is 174 Å². The monoisotopic (exact) mass is 794 g/mol. The number of anilines is 6.